The van der Waals surface area contributed by atoms with Crippen molar-refractivity contribution in [2.24, 2.45) is 0 Å². The first-order chi connectivity index (χ1) is 10.8. The van der Waals surface area contributed by atoms with Gasteiger partial charge in [0.2, 0.25) is 5.76 Å². The van der Waals surface area contributed by atoms with Crippen LogP contribution >= 0.6 is 23.2 Å². The van der Waals surface area contributed by atoms with Gasteiger partial charge in [0.25, 0.3) is 5.91 Å². The molecule has 0 unspecified atom stereocenters. The molecule has 7 heteroatoms. The van der Waals surface area contributed by atoms with Crippen LogP contribution in [0.25, 0.3) is 11.3 Å². The number of ether oxygens (including phenoxy) is 1. The molecule has 0 spiro atoms. The number of carbonyl (C=O) groups excluding carboxylic acids is 2. The highest BCUT2D eigenvalue weighted by atomic mass is 35.5. The van der Waals surface area contributed by atoms with Crippen molar-refractivity contribution in [3.63, 3.8) is 0 Å². The highest BCUT2D eigenvalue weighted by Crippen LogP contribution is 2.31. The Balaban J connectivity index is 2.15. The number of nitrogens with zero attached hydrogens (tertiary/aromatic N) is 1. The fourth-order valence-electron chi connectivity index (χ4n) is 1.91. The van der Waals surface area contributed by atoms with Crippen LogP contribution in [0.5, 0.6) is 0 Å². The zero-order valence-electron chi connectivity index (χ0n) is 12.8. The van der Waals surface area contributed by atoms with Gasteiger partial charge in [-0.2, -0.15) is 0 Å². The maximum atomic E-state index is 12.0. The average molecular weight is 356 g/mol. The summed E-state index contributed by atoms with van der Waals surface area (Å²) in [7, 11) is 3.17. The first-order valence-corrected chi connectivity index (χ1v) is 7.52. The summed E-state index contributed by atoms with van der Waals surface area (Å²) < 4.78 is 10.5. The SMILES string of the molecule is C[C@H](OC(=O)c1ccc(-c2ccc(Cl)cc2Cl)o1)C(=O)N(C)C. The predicted molar refractivity (Wildman–Crippen MR) is 87.7 cm³/mol. The molecule has 0 bridgehead atoms. The number of hydrogen-bond acceptors (Lipinski definition) is 4. The molecule has 1 aromatic heterocycles. The molecular formula is C16H15Cl2NO4. The van der Waals surface area contributed by atoms with Crippen molar-refractivity contribution in [1.82, 2.24) is 4.90 Å². The lowest BCUT2D eigenvalue weighted by molar-refractivity contribution is -0.137. The van der Waals surface area contributed by atoms with E-state index in [1.807, 2.05) is 0 Å². The smallest absolute Gasteiger partial charge is 0.375 e. The quantitative estimate of drug-likeness (QED) is 0.780. The molecule has 1 amide bonds. The molecular weight excluding hydrogens is 341 g/mol. The third-order valence-electron chi connectivity index (χ3n) is 3.08. The average Bonchev–Trinajstić information content (AvgIpc) is 2.95. The first kappa shape index (κ1) is 17.4. The Morgan fingerprint density at radius 2 is 1.87 bits per heavy atom. The lowest BCUT2D eigenvalue weighted by Crippen LogP contribution is -2.34. The van der Waals surface area contributed by atoms with Gasteiger partial charge in [0.05, 0.1) is 5.02 Å². The minimum Gasteiger partial charge on any atom is -0.449 e. The molecule has 0 fully saturated rings. The van der Waals surface area contributed by atoms with Gasteiger partial charge in [0, 0.05) is 24.7 Å². The van der Waals surface area contributed by atoms with E-state index in [-0.39, 0.29) is 11.7 Å². The van der Waals surface area contributed by atoms with Crippen LogP contribution in [-0.2, 0) is 9.53 Å². The minimum absolute atomic E-state index is 0.00979. The first-order valence-electron chi connectivity index (χ1n) is 6.77. The summed E-state index contributed by atoms with van der Waals surface area (Å²) in [6.07, 6.45) is -0.898. The van der Waals surface area contributed by atoms with Crippen molar-refractivity contribution in [1.29, 1.82) is 0 Å². The lowest BCUT2D eigenvalue weighted by atomic mass is 10.2. The van der Waals surface area contributed by atoms with E-state index in [0.717, 1.165) is 0 Å². The molecule has 23 heavy (non-hydrogen) atoms. The second kappa shape index (κ2) is 7.06. The number of halogens is 2. The van der Waals surface area contributed by atoms with Crippen molar-refractivity contribution < 1.29 is 18.7 Å². The Hall–Kier alpha value is -1.98. The van der Waals surface area contributed by atoms with Gasteiger partial charge < -0.3 is 14.1 Å². The number of benzene rings is 1. The normalized spacial score (nSPS) is 11.9. The van der Waals surface area contributed by atoms with Gasteiger partial charge in [-0.25, -0.2) is 4.79 Å². The molecule has 122 valence electrons. The van der Waals surface area contributed by atoms with E-state index in [4.69, 9.17) is 32.4 Å². The molecule has 0 saturated carbocycles. The number of likely N-dealkylation sites (N-methyl/N-ethyl adjacent to an activating group) is 1. The Labute approximate surface area is 143 Å². The van der Waals surface area contributed by atoms with E-state index in [1.165, 1.54) is 17.9 Å². The van der Waals surface area contributed by atoms with Crippen LogP contribution in [0.3, 0.4) is 0 Å². The fraction of sp³-hybridized carbons (Fsp3) is 0.250. The van der Waals surface area contributed by atoms with E-state index >= 15 is 0 Å². The van der Waals surface area contributed by atoms with Crippen LogP contribution in [0, 0.1) is 0 Å². The van der Waals surface area contributed by atoms with E-state index in [1.54, 1.807) is 38.4 Å². The highest BCUT2D eigenvalue weighted by molar-refractivity contribution is 6.36. The molecule has 2 rings (SSSR count). The molecule has 1 heterocycles. The van der Waals surface area contributed by atoms with Gasteiger partial charge in [-0.15, -0.1) is 0 Å². The van der Waals surface area contributed by atoms with Crippen molar-refractivity contribution in [3.8, 4) is 11.3 Å². The second-order valence-corrected chi connectivity index (χ2v) is 5.91. The predicted octanol–water partition coefficient (Wildman–Crippen LogP) is 3.89. The molecule has 2 aromatic rings. The van der Waals surface area contributed by atoms with Gasteiger partial charge in [0.15, 0.2) is 6.10 Å². The molecule has 0 saturated heterocycles. The van der Waals surface area contributed by atoms with Crippen molar-refractivity contribution in [2.75, 3.05) is 14.1 Å². The summed E-state index contributed by atoms with van der Waals surface area (Å²) >= 11 is 12.0. The summed E-state index contributed by atoms with van der Waals surface area (Å²) in [4.78, 5) is 25.1. The number of amides is 1. The van der Waals surface area contributed by atoms with Gasteiger partial charge in [-0.05, 0) is 37.3 Å². The van der Waals surface area contributed by atoms with Gasteiger partial charge in [-0.3, -0.25) is 4.79 Å². The maximum absolute atomic E-state index is 12.0. The number of esters is 1. The second-order valence-electron chi connectivity index (χ2n) is 5.07. The molecule has 1 aromatic carbocycles. The third kappa shape index (κ3) is 4.06. The molecule has 0 aliphatic carbocycles. The van der Waals surface area contributed by atoms with E-state index in [2.05, 4.69) is 0 Å². The van der Waals surface area contributed by atoms with Crippen LogP contribution in [-0.4, -0.2) is 37.0 Å². The van der Waals surface area contributed by atoms with Gasteiger partial charge >= 0.3 is 5.97 Å². The molecule has 1 atom stereocenters. The standard InChI is InChI=1S/C16H15Cl2NO4/c1-9(15(20)19(2)3)22-16(21)14-7-6-13(23-14)11-5-4-10(17)8-12(11)18/h4-9H,1-3H3/t9-/m0/s1. The zero-order valence-corrected chi connectivity index (χ0v) is 14.3. The minimum atomic E-state index is -0.898. The number of carbonyl (C=O) groups is 2. The monoisotopic (exact) mass is 355 g/mol. The van der Waals surface area contributed by atoms with Gasteiger partial charge in [-0.1, -0.05) is 23.2 Å². The largest absolute Gasteiger partial charge is 0.449 e. The third-order valence-corrected chi connectivity index (χ3v) is 3.62. The lowest BCUT2D eigenvalue weighted by Gasteiger charge is -2.16. The maximum Gasteiger partial charge on any atom is 0.375 e. The van der Waals surface area contributed by atoms with E-state index < -0.39 is 12.1 Å². The highest BCUT2D eigenvalue weighted by Gasteiger charge is 2.22. The van der Waals surface area contributed by atoms with Crippen LogP contribution in [0.15, 0.2) is 34.7 Å². The van der Waals surface area contributed by atoms with Gasteiger partial charge in [0.1, 0.15) is 5.76 Å². The summed E-state index contributed by atoms with van der Waals surface area (Å²) in [5.41, 5.74) is 0.604. The summed E-state index contributed by atoms with van der Waals surface area (Å²) in [5.74, 6) is -0.635. The number of rotatable bonds is 4. The molecule has 0 N–H and O–H groups in total. The summed E-state index contributed by atoms with van der Waals surface area (Å²) in [5, 5.41) is 0.906. The van der Waals surface area contributed by atoms with E-state index in [9.17, 15) is 9.59 Å². The summed E-state index contributed by atoms with van der Waals surface area (Å²) in [6.45, 7) is 1.50. The van der Waals surface area contributed by atoms with Crippen LogP contribution in [0.2, 0.25) is 10.0 Å². The Morgan fingerprint density at radius 3 is 2.48 bits per heavy atom. The summed E-state index contributed by atoms with van der Waals surface area (Å²) in [6, 6.07) is 8.01. The molecule has 0 aliphatic heterocycles. The van der Waals surface area contributed by atoms with Crippen LogP contribution < -0.4 is 0 Å². The van der Waals surface area contributed by atoms with Crippen LogP contribution in [0.1, 0.15) is 17.5 Å². The van der Waals surface area contributed by atoms with E-state index in [0.29, 0.717) is 21.4 Å². The topological polar surface area (TPSA) is 59.8 Å². The number of hydrogen-bond donors (Lipinski definition) is 0. The molecule has 0 aliphatic rings. The van der Waals surface area contributed by atoms with Crippen molar-refractivity contribution in [2.45, 2.75) is 13.0 Å². The van der Waals surface area contributed by atoms with Crippen molar-refractivity contribution >= 4 is 35.1 Å². The Kier molecular flexibility index (Phi) is 5.34. The Morgan fingerprint density at radius 1 is 1.17 bits per heavy atom. The van der Waals surface area contributed by atoms with Crippen molar-refractivity contribution in [3.05, 3.63) is 46.1 Å². The zero-order chi connectivity index (χ0) is 17.1. The number of furan rings is 1. The molecule has 0 radical (unpaired) electrons. The molecule has 5 nitrogen and oxygen atoms in total. The Bertz CT molecular complexity index is 739. The van der Waals surface area contributed by atoms with Crippen LogP contribution in [0.4, 0.5) is 0 Å². The fourth-order valence-corrected chi connectivity index (χ4v) is 2.42.